The highest BCUT2D eigenvalue weighted by atomic mass is 35.5. The summed E-state index contributed by atoms with van der Waals surface area (Å²) in [7, 11) is 0. The van der Waals surface area contributed by atoms with Gasteiger partial charge >= 0.3 is 0 Å². The summed E-state index contributed by atoms with van der Waals surface area (Å²) in [5.41, 5.74) is 9.83. The molecular formula is C20H20Cl2N4O2S. The normalized spacial score (nSPS) is 16.8. The number of hydrogen-bond acceptors (Lipinski definition) is 7. The topological polar surface area (TPSA) is 86.5 Å². The van der Waals surface area contributed by atoms with Crippen LogP contribution in [0, 0.1) is 0 Å². The Kier molecular flexibility index (Phi) is 6.72. The van der Waals surface area contributed by atoms with Gasteiger partial charge in [-0.15, -0.1) is 0 Å². The summed E-state index contributed by atoms with van der Waals surface area (Å²) in [6.45, 7) is 8.04. The summed E-state index contributed by atoms with van der Waals surface area (Å²) in [6.07, 6.45) is 1.93. The number of halogens is 2. The molecule has 2 N–H and O–H groups in total. The van der Waals surface area contributed by atoms with E-state index in [1.165, 1.54) is 11.8 Å². The third-order valence-electron chi connectivity index (χ3n) is 4.17. The average Bonchev–Trinajstić information content (AvgIpc) is 3.26. The second kappa shape index (κ2) is 9.07. The Morgan fingerprint density at radius 3 is 2.69 bits per heavy atom. The van der Waals surface area contributed by atoms with Gasteiger partial charge in [-0.1, -0.05) is 51.8 Å². The molecule has 2 heterocycles. The van der Waals surface area contributed by atoms with E-state index in [9.17, 15) is 0 Å². The fourth-order valence-corrected chi connectivity index (χ4v) is 3.74. The zero-order chi connectivity index (χ0) is 21.1. The first-order valence-corrected chi connectivity index (χ1v) is 10.4. The van der Waals surface area contributed by atoms with Crippen LogP contribution < -0.4 is 10.5 Å². The molecule has 29 heavy (non-hydrogen) atoms. The first-order chi connectivity index (χ1) is 13.8. The maximum Gasteiger partial charge on any atom is 0.267 e. The van der Waals surface area contributed by atoms with E-state index >= 15 is 0 Å². The molecule has 0 saturated heterocycles. The van der Waals surface area contributed by atoms with Crippen LogP contribution in [0.15, 0.2) is 56.3 Å². The largest absolute Gasteiger partial charge is 0.485 e. The van der Waals surface area contributed by atoms with E-state index in [4.69, 9.17) is 38.2 Å². The number of allylic oxidation sites excluding steroid dienone is 4. The molecule has 0 radical (unpaired) electrons. The van der Waals surface area contributed by atoms with Crippen molar-refractivity contribution in [3.8, 4) is 5.75 Å². The lowest BCUT2D eigenvalue weighted by atomic mass is 10.2. The molecule has 0 spiro atoms. The van der Waals surface area contributed by atoms with Gasteiger partial charge in [0.1, 0.15) is 15.7 Å². The maximum atomic E-state index is 6.32. The summed E-state index contributed by atoms with van der Waals surface area (Å²) >= 11 is 13.3. The van der Waals surface area contributed by atoms with Gasteiger partial charge in [0.05, 0.1) is 15.7 Å². The van der Waals surface area contributed by atoms with Gasteiger partial charge in [-0.25, -0.2) is 4.99 Å². The Morgan fingerprint density at radius 2 is 2.03 bits per heavy atom. The number of aromatic nitrogens is 2. The van der Waals surface area contributed by atoms with Gasteiger partial charge < -0.3 is 15.0 Å². The van der Waals surface area contributed by atoms with Crippen LogP contribution in [-0.2, 0) is 6.61 Å². The Bertz CT molecular complexity index is 1070. The summed E-state index contributed by atoms with van der Waals surface area (Å²) < 4.78 is 11.1. The predicted molar refractivity (Wildman–Crippen MR) is 119 cm³/mol. The Morgan fingerprint density at radius 1 is 1.28 bits per heavy atom. The molecule has 0 saturated carbocycles. The van der Waals surface area contributed by atoms with Crippen LogP contribution in [-0.4, -0.2) is 15.2 Å². The third kappa shape index (κ3) is 4.86. The first kappa shape index (κ1) is 21.5. The van der Waals surface area contributed by atoms with Crippen molar-refractivity contribution in [1.29, 1.82) is 0 Å². The molecule has 1 aliphatic heterocycles. The second-order valence-electron chi connectivity index (χ2n) is 6.43. The minimum atomic E-state index is 0.119. The van der Waals surface area contributed by atoms with E-state index in [2.05, 4.69) is 15.1 Å². The standard InChI is InChI=1S/C20H20Cl2N4O2S/c1-5-13-17(23)18(29-20(13)24-11(4)10(2)3)19-25-16(26-28-19)9-27-12-6-7-14(21)15(22)8-12/h5-8H,9,23H2,1-4H3/b13-5+,24-20?. The van der Waals surface area contributed by atoms with E-state index in [0.29, 0.717) is 38.1 Å². The van der Waals surface area contributed by atoms with E-state index < -0.39 is 0 Å². The van der Waals surface area contributed by atoms with Crippen LogP contribution in [0.1, 0.15) is 39.4 Å². The Hall–Kier alpha value is -2.22. The van der Waals surface area contributed by atoms with Crippen molar-refractivity contribution in [2.75, 3.05) is 0 Å². The minimum absolute atomic E-state index is 0.119. The summed E-state index contributed by atoms with van der Waals surface area (Å²) in [5, 5.41) is 5.66. The van der Waals surface area contributed by atoms with Crippen LogP contribution >= 0.6 is 35.0 Å². The second-order valence-corrected chi connectivity index (χ2v) is 8.24. The molecule has 152 valence electrons. The van der Waals surface area contributed by atoms with Crippen molar-refractivity contribution in [1.82, 2.24) is 10.1 Å². The summed E-state index contributed by atoms with van der Waals surface area (Å²) in [4.78, 5) is 9.77. The molecule has 3 rings (SSSR count). The predicted octanol–water partition coefficient (Wildman–Crippen LogP) is 5.99. The first-order valence-electron chi connectivity index (χ1n) is 8.78. The summed E-state index contributed by atoms with van der Waals surface area (Å²) in [5.74, 6) is 1.28. The highest BCUT2D eigenvalue weighted by Crippen LogP contribution is 2.42. The van der Waals surface area contributed by atoms with Gasteiger partial charge in [-0.05, 0) is 39.8 Å². The van der Waals surface area contributed by atoms with E-state index in [1.807, 2.05) is 33.8 Å². The van der Waals surface area contributed by atoms with Gasteiger partial charge in [0, 0.05) is 17.3 Å². The zero-order valence-corrected chi connectivity index (χ0v) is 18.7. The maximum absolute atomic E-state index is 6.32. The number of thioether (sulfide) groups is 1. The molecule has 0 bridgehead atoms. The van der Waals surface area contributed by atoms with Crippen molar-refractivity contribution < 1.29 is 9.26 Å². The van der Waals surface area contributed by atoms with Crippen molar-refractivity contribution in [2.24, 2.45) is 10.7 Å². The molecule has 0 amide bonds. The zero-order valence-electron chi connectivity index (χ0n) is 16.4. The van der Waals surface area contributed by atoms with Gasteiger partial charge in [0.15, 0.2) is 6.61 Å². The number of ether oxygens (including phenoxy) is 1. The van der Waals surface area contributed by atoms with Gasteiger partial charge in [0.25, 0.3) is 5.89 Å². The van der Waals surface area contributed by atoms with Gasteiger partial charge in [-0.2, -0.15) is 4.98 Å². The summed E-state index contributed by atoms with van der Waals surface area (Å²) in [6, 6.07) is 5.01. The van der Waals surface area contributed by atoms with Crippen LogP contribution in [0.5, 0.6) is 5.75 Å². The number of nitrogens with zero attached hydrogens (tertiary/aromatic N) is 3. The minimum Gasteiger partial charge on any atom is -0.485 e. The molecule has 2 aromatic rings. The van der Waals surface area contributed by atoms with E-state index in [1.54, 1.807) is 18.2 Å². The number of hydrogen-bond donors (Lipinski definition) is 1. The lowest BCUT2D eigenvalue weighted by Crippen LogP contribution is -2.03. The SMILES string of the molecule is C/C=C1/C(=NC(C)=C(C)C)SC(c2nc(COc3ccc(Cl)c(Cl)c3)no2)=C1N. The molecule has 0 aliphatic carbocycles. The number of aliphatic imine (C=N–C) groups is 1. The lowest BCUT2D eigenvalue weighted by molar-refractivity contribution is 0.286. The van der Waals surface area contributed by atoms with Gasteiger partial charge in [0.2, 0.25) is 5.82 Å². The highest BCUT2D eigenvalue weighted by Gasteiger charge is 2.29. The highest BCUT2D eigenvalue weighted by molar-refractivity contribution is 8.22. The van der Waals surface area contributed by atoms with Crippen LogP contribution in [0.3, 0.4) is 0 Å². The van der Waals surface area contributed by atoms with E-state index in [0.717, 1.165) is 21.9 Å². The quantitative estimate of drug-likeness (QED) is 0.601. The van der Waals surface area contributed by atoms with Crippen LogP contribution in [0.2, 0.25) is 10.0 Å². The molecule has 0 atom stereocenters. The molecular weight excluding hydrogens is 431 g/mol. The van der Waals surface area contributed by atoms with Crippen molar-refractivity contribution in [3.63, 3.8) is 0 Å². The number of nitrogens with two attached hydrogens (primary N) is 1. The van der Waals surface area contributed by atoms with Crippen molar-refractivity contribution >= 4 is 44.9 Å². The molecule has 0 fully saturated rings. The van der Waals surface area contributed by atoms with Crippen molar-refractivity contribution in [2.45, 2.75) is 34.3 Å². The van der Waals surface area contributed by atoms with Gasteiger partial charge in [-0.3, -0.25) is 0 Å². The molecule has 1 aromatic heterocycles. The number of benzene rings is 1. The number of rotatable bonds is 5. The van der Waals surface area contributed by atoms with E-state index in [-0.39, 0.29) is 6.61 Å². The fraction of sp³-hybridized carbons (Fsp3) is 0.250. The Balaban J connectivity index is 1.78. The Labute approximate surface area is 183 Å². The molecule has 1 aliphatic rings. The molecule has 0 unspecified atom stereocenters. The monoisotopic (exact) mass is 450 g/mol. The van der Waals surface area contributed by atoms with Crippen molar-refractivity contribution in [3.05, 3.63) is 68.6 Å². The van der Waals surface area contributed by atoms with Crippen LogP contribution in [0.4, 0.5) is 0 Å². The molecule has 1 aromatic carbocycles. The van der Waals surface area contributed by atoms with Crippen LogP contribution in [0.25, 0.3) is 4.91 Å². The smallest absolute Gasteiger partial charge is 0.267 e. The third-order valence-corrected chi connectivity index (χ3v) is 6.01. The fourth-order valence-electron chi connectivity index (χ4n) is 2.35. The average molecular weight is 451 g/mol. The molecule has 9 heteroatoms. The lowest BCUT2D eigenvalue weighted by Gasteiger charge is -2.04. The molecule has 6 nitrogen and oxygen atoms in total.